The fourth-order valence-corrected chi connectivity index (χ4v) is 4.41. The average Bonchev–Trinajstić information content (AvgIpc) is 3.15. The molecule has 0 radical (unpaired) electrons. The minimum atomic E-state index is -0.112. The Labute approximate surface area is 172 Å². The predicted molar refractivity (Wildman–Crippen MR) is 113 cm³/mol. The van der Waals surface area contributed by atoms with Gasteiger partial charge in [0.1, 0.15) is 11.9 Å². The molecule has 2 aromatic heterocycles. The number of nitrogens with zero attached hydrogens (tertiary/aromatic N) is 5. The second-order valence-electron chi connectivity index (χ2n) is 9.26. The van der Waals surface area contributed by atoms with Gasteiger partial charge in [-0.15, -0.1) is 0 Å². The van der Waals surface area contributed by atoms with E-state index in [1.807, 2.05) is 12.1 Å². The van der Waals surface area contributed by atoms with Gasteiger partial charge in [0.05, 0.1) is 23.8 Å². The summed E-state index contributed by atoms with van der Waals surface area (Å²) in [4.78, 5) is 19.6. The molecule has 6 heteroatoms. The van der Waals surface area contributed by atoms with Gasteiger partial charge in [-0.3, -0.25) is 4.79 Å². The molecule has 0 aromatic carbocycles. The van der Waals surface area contributed by atoms with E-state index >= 15 is 0 Å². The van der Waals surface area contributed by atoms with Gasteiger partial charge in [0, 0.05) is 23.7 Å². The summed E-state index contributed by atoms with van der Waals surface area (Å²) in [7, 11) is 0. The number of anilines is 1. The van der Waals surface area contributed by atoms with Gasteiger partial charge < -0.3 is 4.90 Å². The third-order valence-corrected chi connectivity index (χ3v) is 6.07. The molecule has 0 N–H and O–H groups in total. The number of nitriles is 1. The maximum atomic E-state index is 12.5. The average molecular weight is 392 g/mol. The van der Waals surface area contributed by atoms with E-state index in [9.17, 15) is 10.1 Å². The number of fused-ring (bicyclic) bond motifs is 1. The first-order valence-electron chi connectivity index (χ1n) is 10.6. The van der Waals surface area contributed by atoms with E-state index < -0.39 is 0 Å². The van der Waals surface area contributed by atoms with Crippen LogP contribution in [0.15, 0.2) is 23.0 Å². The zero-order valence-electron chi connectivity index (χ0n) is 17.6. The monoisotopic (exact) mass is 391 g/mol. The molecule has 6 nitrogen and oxygen atoms in total. The van der Waals surface area contributed by atoms with Crippen LogP contribution in [-0.2, 0) is 24.8 Å². The third kappa shape index (κ3) is 3.91. The van der Waals surface area contributed by atoms with Crippen LogP contribution in [0, 0.1) is 11.3 Å². The Hall–Kier alpha value is -2.68. The quantitative estimate of drug-likeness (QED) is 0.802. The van der Waals surface area contributed by atoms with Crippen LogP contribution in [0.1, 0.15) is 69.0 Å². The molecule has 0 amide bonds. The fraction of sp³-hybridized carbons (Fsp3) is 0.565. The maximum Gasteiger partial charge on any atom is 0.266 e. The summed E-state index contributed by atoms with van der Waals surface area (Å²) < 4.78 is 1.59. The number of rotatable bonds is 3. The maximum absolute atomic E-state index is 12.5. The van der Waals surface area contributed by atoms with Crippen LogP contribution in [-0.4, -0.2) is 27.4 Å². The van der Waals surface area contributed by atoms with Crippen molar-refractivity contribution in [3.8, 4) is 6.07 Å². The number of hydrogen-bond donors (Lipinski definition) is 0. The van der Waals surface area contributed by atoms with E-state index in [0.717, 1.165) is 55.9 Å². The molecule has 1 aliphatic heterocycles. The summed E-state index contributed by atoms with van der Waals surface area (Å²) in [6.45, 7) is 7.68. The van der Waals surface area contributed by atoms with Gasteiger partial charge >= 0.3 is 0 Å². The molecular weight excluding hydrogens is 362 g/mol. The van der Waals surface area contributed by atoms with Gasteiger partial charge in [0.2, 0.25) is 0 Å². The topological polar surface area (TPSA) is 74.8 Å². The molecule has 29 heavy (non-hydrogen) atoms. The fourth-order valence-electron chi connectivity index (χ4n) is 4.41. The smallest absolute Gasteiger partial charge is 0.266 e. The van der Waals surface area contributed by atoms with E-state index in [1.165, 1.54) is 12.0 Å². The Morgan fingerprint density at radius 2 is 2.00 bits per heavy atom. The molecule has 1 atom stereocenters. The van der Waals surface area contributed by atoms with Crippen LogP contribution in [0.2, 0.25) is 0 Å². The summed E-state index contributed by atoms with van der Waals surface area (Å²) in [5.41, 5.74) is 3.74. The summed E-state index contributed by atoms with van der Waals surface area (Å²) in [6, 6.07) is 7.96. The van der Waals surface area contributed by atoms with Crippen molar-refractivity contribution in [3.05, 3.63) is 51.1 Å². The Balaban J connectivity index is 1.66. The Bertz CT molecular complexity index is 1010. The highest BCUT2D eigenvalue weighted by Gasteiger charge is 2.30. The molecule has 4 rings (SSSR count). The first kappa shape index (κ1) is 19.6. The predicted octanol–water partition coefficient (Wildman–Crippen LogP) is 3.36. The van der Waals surface area contributed by atoms with Gasteiger partial charge in [0.25, 0.3) is 5.56 Å². The number of aromatic nitrogens is 3. The van der Waals surface area contributed by atoms with Gasteiger partial charge in [0.15, 0.2) is 0 Å². The highest BCUT2D eigenvalue weighted by atomic mass is 16.1. The van der Waals surface area contributed by atoms with Crippen molar-refractivity contribution in [2.45, 2.75) is 77.3 Å². The molecule has 0 spiro atoms. The number of hydrogen-bond acceptors (Lipinski definition) is 5. The largest absolute Gasteiger partial charge is 0.351 e. The van der Waals surface area contributed by atoms with Crippen LogP contribution in [0.4, 0.5) is 5.82 Å². The molecule has 3 heterocycles. The van der Waals surface area contributed by atoms with Crippen LogP contribution in [0.5, 0.6) is 0 Å². The molecule has 0 saturated carbocycles. The summed E-state index contributed by atoms with van der Waals surface area (Å²) >= 11 is 0. The van der Waals surface area contributed by atoms with Crippen LogP contribution >= 0.6 is 0 Å². The molecule has 152 valence electrons. The van der Waals surface area contributed by atoms with Crippen molar-refractivity contribution in [2.75, 3.05) is 11.4 Å². The minimum Gasteiger partial charge on any atom is -0.351 e. The number of pyridine rings is 1. The third-order valence-electron chi connectivity index (χ3n) is 6.07. The van der Waals surface area contributed by atoms with Crippen LogP contribution in [0.3, 0.4) is 0 Å². The van der Waals surface area contributed by atoms with Crippen molar-refractivity contribution >= 4 is 5.82 Å². The van der Waals surface area contributed by atoms with Crippen molar-refractivity contribution in [2.24, 2.45) is 0 Å². The molecule has 1 unspecified atom stereocenters. The number of aryl methyl sites for hydroxylation is 2. The molecule has 1 fully saturated rings. The van der Waals surface area contributed by atoms with E-state index in [4.69, 9.17) is 4.98 Å². The molecule has 2 aliphatic rings. The van der Waals surface area contributed by atoms with Gasteiger partial charge in [-0.05, 0) is 56.2 Å². The summed E-state index contributed by atoms with van der Waals surface area (Å²) in [6.07, 6.45) is 6.33. The van der Waals surface area contributed by atoms with Crippen molar-refractivity contribution < 1.29 is 0 Å². The van der Waals surface area contributed by atoms with Crippen LogP contribution in [0.25, 0.3) is 0 Å². The Morgan fingerprint density at radius 1 is 1.21 bits per heavy atom. The highest BCUT2D eigenvalue weighted by molar-refractivity contribution is 5.57. The second-order valence-corrected chi connectivity index (χ2v) is 9.26. The lowest BCUT2D eigenvalue weighted by atomic mass is 9.92. The standard InChI is InChI=1S/C23H29N5O/c1-23(2,3)20-10-11-21(29)28(26-20)15-18-8-6-12-27(18)22-17(14-24)13-16-7-4-5-9-19(16)25-22/h10-11,13,18H,4-9,12,15H2,1-3H3. The van der Waals surface area contributed by atoms with Gasteiger partial charge in [-0.25, -0.2) is 9.67 Å². The zero-order chi connectivity index (χ0) is 20.6. The highest BCUT2D eigenvalue weighted by Crippen LogP contribution is 2.31. The Kier molecular flexibility index (Phi) is 5.16. The van der Waals surface area contributed by atoms with E-state index in [2.05, 4.69) is 36.8 Å². The first-order valence-corrected chi connectivity index (χ1v) is 10.6. The molecular formula is C23H29N5O. The first-order chi connectivity index (χ1) is 13.9. The van der Waals surface area contributed by atoms with E-state index in [0.29, 0.717) is 12.1 Å². The molecule has 0 bridgehead atoms. The van der Waals surface area contributed by atoms with Crippen molar-refractivity contribution in [1.82, 2.24) is 14.8 Å². The zero-order valence-corrected chi connectivity index (χ0v) is 17.6. The summed E-state index contributed by atoms with van der Waals surface area (Å²) in [5.74, 6) is 0.788. The van der Waals surface area contributed by atoms with E-state index in [1.54, 1.807) is 10.7 Å². The van der Waals surface area contributed by atoms with E-state index in [-0.39, 0.29) is 17.0 Å². The SMILES string of the molecule is CC(C)(C)c1ccc(=O)n(CC2CCCN2c2nc3c(cc2C#N)CCCC3)n1. The molecule has 2 aromatic rings. The lowest BCUT2D eigenvalue weighted by molar-refractivity contribution is 0.456. The lowest BCUT2D eigenvalue weighted by Crippen LogP contribution is -2.38. The van der Waals surface area contributed by atoms with Crippen molar-refractivity contribution in [3.63, 3.8) is 0 Å². The van der Waals surface area contributed by atoms with Crippen LogP contribution < -0.4 is 10.5 Å². The van der Waals surface area contributed by atoms with Gasteiger partial charge in [-0.2, -0.15) is 10.4 Å². The normalized spacial score (nSPS) is 19.1. The van der Waals surface area contributed by atoms with Crippen molar-refractivity contribution in [1.29, 1.82) is 5.26 Å². The molecule has 1 saturated heterocycles. The molecule has 1 aliphatic carbocycles. The van der Waals surface area contributed by atoms with Gasteiger partial charge in [-0.1, -0.05) is 20.8 Å². The second kappa shape index (κ2) is 7.62. The summed E-state index contributed by atoms with van der Waals surface area (Å²) in [5, 5.41) is 14.4. The minimum absolute atomic E-state index is 0.0799. The Morgan fingerprint density at radius 3 is 2.76 bits per heavy atom. The lowest BCUT2D eigenvalue weighted by Gasteiger charge is -2.29.